The van der Waals surface area contributed by atoms with Crippen LogP contribution in [0.5, 0.6) is 0 Å². The lowest BCUT2D eigenvalue weighted by molar-refractivity contribution is -0.116. The van der Waals surface area contributed by atoms with Crippen molar-refractivity contribution in [1.82, 2.24) is 9.55 Å². The van der Waals surface area contributed by atoms with Crippen LogP contribution in [0.1, 0.15) is 6.42 Å². The lowest BCUT2D eigenvalue weighted by Gasteiger charge is -2.10. The third-order valence-corrected chi connectivity index (χ3v) is 6.47. The van der Waals surface area contributed by atoms with Crippen LogP contribution in [0, 0.1) is 0 Å². The highest BCUT2D eigenvalue weighted by atomic mass is 35.5. The van der Waals surface area contributed by atoms with Gasteiger partial charge in [0.2, 0.25) is 5.91 Å². The molecule has 4 aromatic rings. The molecule has 4 rings (SSSR count). The van der Waals surface area contributed by atoms with E-state index in [1.54, 1.807) is 42.5 Å². The van der Waals surface area contributed by atoms with Crippen LogP contribution in [0.4, 0.5) is 11.4 Å². The molecule has 0 fully saturated rings. The number of benzene rings is 3. The van der Waals surface area contributed by atoms with Gasteiger partial charge in [-0.15, -0.1) is 0 Å². The van der Waals surface area contributed by atoms with Crippen LogP contribution in [0.2, 0.25) is 5.02 Å². The van der Waals surface area contributed by atoms with Crippen molar-refractivity contribution in [3.63, 3.8) is 0 Å². The second-order valence-corrected chi connectivity index (χ2v) is 9.32. The van der Waals surface area contributed by atoms with E-state index in [9.17, 15) is 18.0 Å². The van der Waals surface area contributed by atoms with E-state index in [0.717, 1.165) is 0 Å². The number of aromatic nitrogens is 2. The number of nitrogens with zero attached hydrogens (tertiary/aromatic N) is 2. The number of aryl methyl sites for hydroxylation is 1. The Morgan fingerprint density at radius 2 is 1.73 bits per heavy atom. The number of sulfonamides is 1. The zero-order valence-electron chi connectivity index (χ0n) is 17.2. The van der Waals surface area contributed by atoms with Crippen LogP contribution in [0.25, 0.3) is 10.9 Å². The fourth-order valence-corrected chi connectivity index (χ4v) is 4.43. The summed E-state index contributed by atoms with van der Waals surface area (Å²) in [5.41, 5.74) is 1.17. The van der Waals surface area contributed by atoms with Gasteiger partial charge in [0, 0.05) is 23.7 Å². The van der Waals surface area contributed by atoms with Crippen molar-refractivity contribution in [2.24, 2.45) is 0 Å². The third kappa shape index (κ3) is 5.39. The Hall–Kier alpha value is -3.69. The molecule has 0 unspecified atom stereocenters. The molecule has 0 saturated carbocycles. The predicted molar refractivity (Wildman–Crippen MR) is 128 cm³/mol. The summed E-state index contributed by atoms with van der Waals surface area (Å²) < 4.78 is 28.9. The molecule has 10 heteroatoms. The van der Waals surface area contributed by atoms with E-state index >= 15 is 0 Å². The van der Waals surface area contributed by atoms with Gasteiger partial charge in [-0.3, -0.25) is 18.9 Å². The van der Waals surface area contributed by atoms with Crippen molar-refractivity contribution >= 4 is 49.8 Å². The number of nitrogens with one attached hydrogen (secondary N) is 2. The zero-order chi connectivity index (χ0) is 23.4. The van der Waals surface area contributed by atoms with E-state index in [1.165, 1.54) is 41.2 Å². The fraction of sp³-hybridized carbons (Fsp3) is 0.0870. The largest absolute Gasteiger partial charge is 0.326 e. The monoisotopic (exact) mass is 482 g/mol. The van der Waals surface area contributed by atoms with Gasteiger partial charge in [-0.2, -0.15) is 0 Å². The molecule has 0 aliphatic rings. The number of carbonyl (C=O) groups is 1. The highest BCUT2D eigenvalue weighted by Gasteiger charge is 2.15. The minimum Gasteiger partial charge on any atom is -0.326 e. The van der Waals surface area contributed by atoms with Gasteiger partial charge in [0.05, 0.1) is 27.8 Å². The molecule has 0 bridgehead atoms. The molecule has 1 heterocycles. The molecular weight excluding hydrogens is 464 g/mol. The number of rotatable bonds is 7. The molecule has 2 N–H and O–H groups in total. The van der Waals surface area contributed by atoms with Crippen molar-refractivity contribution in [3.05, 3.63) is 94.5 Å². The number of hydrogen-bond acceptors (Lipinski definition) is 5. The van der Waals surface area contributed by atoms with E-state index in [1.807, 2.05) is 0 Å². The lowest BCUT2D eigenvalue weighted by atomic mass is 10.2. The number of anilines is 2. The van der Waals surface area contributed by atoms with Gasteiger partial charge >= 0.3 is 0 Å². The third-order valence-electron chi connectivity index (χ3n) is 4.84. The van der Waals surface area contributed by atoms with E-state index in [-0.39, 0.29) is 29.3 Å². The molecule has 33 heavy (non-hydrogen) atoms. The summed E-state index contributed by atoms with van der Waals surface area (Å²) in [7, 11) is -3.81. The fourth-order valence-electron chi connectivity index (χ4n) is 3.19. The maximum absolute atomic E-state index is 12.6. The maximum Gasteiger partial charge on any atom is 0.261 e. The summed E-state index contributed by atoms with van der Waals surface area (Å²) in [6.07, 6.45) is 1.47. The SMILES string of the molecule is O=C(CCn1cnc2ccccc2c1=O)Nc1ccc(S(=O)(=O)Nc2cccc(Cl)c2)cc1. The molecule has 8 nitrogen and oxygen atoms in total. The van der Waals surface area contributed by atoms with Gasteiger partial charge in [0.15, 0.2) is 0 Å². The summed E-state index contributed by atoms with van der Waals surface area (Å²) in [5, 5.41) is 3.60. The smallest absolute Gasteiger partial charge is 0.261 e. The van der Waals surface area contributed by atoms with Crippen LogP contribution < -0.4 is 15.6 Å². The van der Waals surface area contributed by atoms with E-state index in [2.05, 4.69) is 15.0 Å². The summed E-state index contributed by atoms with van der Waals surface area (Å²) in [6.45, 7) is 0.165. The van der Waals surface area contributed by atoms with Crippen LogP contribution in [0.3, 0.4) is 0 Å². The Morgan fingerprint density at radius 1 is 0.970 bits per heavy atom. The number of carbonyl (C=O) groups excluding carboxylic acids is 1. The first-order chi connectivity index (χ1) is 15.8. The Kier molecular flexibility index (Phi) is 6.43. The predicted octanol–water partition coefficient (Wildman–Crippen LogP) is 3.88. The quantitative estimate of drug-likeness (QED) is 0.415. The number of para-hydroxylation sites is 1. The van der Waals surface area contributed by atoms with Crippen LogP contribution in [-0.2, 0) is 21.4 Å². The Labute approximate surface area is 194 Å². The summed E-state index contributed by atoms with van der Waals surface area (Å²) in [6, 6.07) is 19.2. The van der Waals surface area contributed by atoms with Crippen molar-refractivity contribution in [1.29, 1.82) is 0 Å². The number of amides is 1. The first-order valence-corrected chi connectivity index (χ1v) is 11.8. The summed E-state index contributed by atoms with van der Waals surface area (Å²) in [4.78, 5) is 29.1. The average Bonchev–Trinajstić information content (AvgIpc) is 2.79. The Bertz CT molecular complexity index is 1480. The molecule has 3 aromatic carbocycles. The Morgan fingerprint density at radius 3 is 2.48 bits per heavy atom. The Balaban J connectivity index is 1.38. The maximum atomic E-state index is 12.6. The molecule has 0 atom stereocenters. The highest BCUT2D eigenvalue weighted by Crippen LogP contribution is 2.20. The molecule has 0 aliphatic carbocycles. The number of halogens is 1. The van der Waals surface area contributed by atoms with Gasteiger partial charge in [-0.1, -0.05) is 29.8 Å². The first kappa shape index (κ1) is 22.5. The number of fused-ring (bicyclic) bond motifs is 1. The van der Waals surface area contributed by atoms with Gasteiger partial charge in [0.25, 0.3) is 15.6 Å². The van der Waals surface area contributed by atoms with Crippen molar-refractivity contribution in [2.75, 3.05) is 10.0 Å². The standard InChI is InChI=1S/C23H19ClN4O4S/c24-16-4-3-5-18(14-16)27-33(31,32)19-10-8-17(9-11-19)26-22(29)12-13-28-15-25-21-7-2-1-6-20(21)23(28)30/h1-11,14-15,27H,12-13H2,(H,26,29). The van der Waals surface area contributed by atoms with E-state index < -0.39 is 10.0 Å². The van der Waals surface area contributed by atoms with Crippen molar-refractivity contribution < 1.29 is 13.2 Å². The second-order valence-electron chi connectivity index (χ2n) is 7.20. The minimum absolute atomic E-state index is 0.0364. The minimum atomic E-state index is -3.81. The number of hydrogen-bond donors (Lipinski definition) is 2. The van der Waals surface area contributed by atoms with E-state index in [4.69, 9.17) is 11.6 Å². The first-order valence-electron chi connectivity index (χ1n) is 9.94. The lowest BCUT2D eigenvalue weighted by Crippen LogP contribution is -2.23. The summed E-state index contributed by atoms with van der Waals surface area (Å²) in [5.74, 6) is -0.317. The topological polar surface area (TPSA) is 110 Å². The zero-order valence-corrected chi connectivity index (χ0v) is 18.8. The van der Waals surface area contributed by atoms with Gasteiger partial charge in [-0.25, -0.2) is 13.4 Å². The van der Waals surface area contributed by atoms with Gasteiger partial charge in [0.1, 0.15) is 0 Å². The van der Waals surface area contributed by atoms with Crippen molar-refractivity contribution in [2.45, 2.75) is 17.9 Å². The molecule has 0 aliphatic heterocycles. The molecular formula is C23H19ClN4O4S. The molecule has 1 amide bonds. The molecule has 0 spiro atoms. The second kappa shape index (κ2) is 9.43. The summed E-state index contributed by atoms with van der Waals surface area (Å²) >= 11 is 5.89. The van der Waals surface area contributed by atoms with Gasteiger partial charge < -0.3 is 5.32 Å². The van der Waals surface area contributed by atoms with Gasteiger partial charge in [-0.05, 0) is 54.6 Å². The molecule has 1 aromatic heterocycles. The van der Waals surface area contributed by atoms with Crippen LogP contribution in [-0.4, -0.2) is 23.9 Å². The van der Waals surface area contributed by atoms with Crippen LogP contribution in [0.15, 0.2) is 88.8 Å². The normalized spacial score (nSPS) is 11.3. The molecule has 0 saturated heterocycles. The molecule has 0 radical (unpaired) electrons. The average molecular weight is 483 g/mol. The van der Waals surface area contributed by atoms with Crippen molar-refractivity contribution in [3.8, 4) is 0 Å². The molecule has 168 valence electrons. The van der Waals surface area contributed by atoms with Crippen LogP contribution >= 0.6 is 11.6 Å². The highest BCUT2D eigenvalue weighted by molar-refractivity contribution is 7.92. The van der Waals surface area contributed by atoms with E-state index in [0.29, 0.717) is 27.3 Å².